The van der Waals surface area contributed by atoms with Gasteiger partial charge in [0.05, 0.1) is 11.0 Å². The van der Waals surface area contributed by atoms with E-state index in [4.69, 9.17) is 0 Å². The topological polar surface area (TPSA) is 61.8 Å². The Morgan fingerprint density at radius 2 is 2.06 bits per heavy atom. The summed E-state index contributed by atoms with van der Waals surface area (Å²) >= 11 is 0. The van der Waals surface area contributed by atoms with E-state index in [1.807, 2.05) is 19.1 Å². The highest BCUT2D eigenvalue weighted by Crippen LogP contribution is 2.22. The summed E-state index contributed by atoms with van der Waals surface area (Å²) in [5.74, 6) is 0.993. The first kappa shape index (κ1) is 9.84. The number of fused-ring (bicyclic) bond motifs is 1. The number of aromatic amines is 1. The average Bonchev–Trinajstić information content (AvgIpc) is 2.72. The standard InChI is InChI=1S/C13H11N3O/c1-8-2-3-9(7-14-8)13-15-11-5-4-10(17)6-12(11)16-13/h2-7,17H,1H3,(H,15,16). The quantitative estimate of drug-likeness (QED) is 0.669. The van der Waals surface area contributed by atoms with E-state index >= 15 is 0 Å². The average molecular weight is 225 g/mol. The lowest BCUT2D eigenvalue weighted by Gasteiger charge is -1.95. The van der Waals surface area contributed by atoms with E-state index in [-0.39, 0.29) is 5.75 Å². The van der Waals surface area contributed by atoms with Crippen LogP contribution in [0.2, 0.25) is 0 Å². The minimum atomic E-state index is 0.231. The SMILES string of the molecule is Cc1ccc(-c2nc3ccc(O)cc3[nH]2)cn1. The Balaban J connectivity index is 2.14. The first-order valence-corrected chi connectivity index (χ1v) is 5.34. The van der Waals surface area contributed by atoms with Gasteiger partial charge in [0.15, 0.2) is 0 Å². The Labute approximate surface area is 98.0 Å². The highest BCUT2D eigenvalue weighted by atomic mass is 16.3. The van der Waals surface area contributed by atoms with Gasteiger partial charge in [0, 0.05) is 23.5 Å². The van der Waals surface area contributed by atoms with Crippen LogP contribution < -0.4 is 0 Å². The lowest BCUT2D eigenvalue weighted by Crippen LogP contribution is -1.84. The molecule has 0 amide bonds. The lowest BCUT2D eigenvalue weighted by atomic mass is 10.2. The number of benzene rings is 1. The molecule has 0 bridgehead atoms. The molecule has 17 heavy (non-hydrogen) atoms. The third kappa shape index (κ3) is 1.73. The molecule has 0 saturated carbocycles. The van der Waals surface area contributed by atoms with Gasteiger partial charge in [0.1, 0.15) is 11.6 Å². The highest BCUT2D eigenvalue weighted by Gasteiger charge is 2.05. The molecule has 0 spiro atoms. The van der Waals surface area contributed by atoms with Gasteiger partial charge in [0.2, 0.25) is 0 Å². The molecule has 3 aromatic rings. The molecule has 4 heteroatoms. The van der Waals surface area contributed by atoms with Crippen molar-refractivity contribution in [3.8, 4) is 17.1 Å². The molecule has 2 aromatic heterocycles. The van der Waals surface area contributed by atoms with E-state index in [0.29, 0.717) is 0 Å². The molecule has 0 atom stereocenters. The van der Waals surface area contributed by atoms with Gasteiger partial charge >= 0.3 is 0 Å². The van der Waals surface area contributed by atoms with Crippen LogP contribution in [0.5, 0.6) is 5.75 Å². The number of aromatic nitrogens is 3. The van der Waals surface area contributed by atoms with E-state index < -0.39 is 0 Å². The van der Waals surface area contributed by atoms with Crippen LogP contribution in [0.25, 0.3) is 22.4 Å². The zero-order chi connectivity index (χ0) is 11.8. The predicted octanol–water partition coefficient (Wildman–Crippen LogP) is 2.64. The molecular weight excluding hydrogens is 214 g/mol. The highest BCUT2D eigenvalue weighted by molar-refractivity contribution is 5.80. The fourth-order valence-corrected chi connectivity index (χ4v) is 1.74. The predicted molar refractivity (Wildman–Crippen MR) is 65.7 cm³/mol. The van der Waals surface area contributed by atoms with Crippen molar-refractivity contribution >= 4 is 11.0 Å². The van der Waals surface area contributed by atoms with E-state index in [9.17, 15) is 5.11 Å². The first-order valence-electron chi connectivity index (χ1n) is 5.34. The van der Waals surface area contributed by atoms with Gasteiger partial charge in [-0.25, -0.2) is 4.98 Å². The third-order valence-electron chi connectivity index (χ3n) is 2.65. The number of phenolic OH excluding ortho intramolecular Hbond substituents is 1. The van der Waals surface area contributed by atoms with E-state index in [1.54, 1.807) is 24.4 Å². The minimum absolute atomic E-state index is 0.231. The van der Waals surface area contributed by atoms with Crippen molar-refractivity contribution in [1.82, 2.24) is 15.0 Å². The van der Waals surface area contributed by atoms with Crippen molar-refractivity contribution in [3.05, 3.63) is 42.2 Å². The fourth-order valence-electron chi connectivity index (χ4n) is 1.74. The van der Waals surface area contributed by atoms with Crippen LogP contribution in [0, 0.1) is 6.92 Å². The summed E-state index contributed by atoms with van der Waals surface area (Å²) in [6, 6.07) is 8.99. The van der Waals surface area contributed by atoms with Crippen LogP contribution in [0.3, 0.4) is 0 Å². The monoisotopic (exact) mass is 225 g/mol. The Hall–Kier alpha value is -2.36. The summed E-state index contributed by atoms with van der Waals surface area (Å²) in [6.07, 6.45) is 1.78. The zero-order valence-corrected chi connectivity index (χ0v) is 9.31. The molecule has 0 aliphatic heterocycles. The summed E-state index contributed by atoms with van der Waals surface area (Å²) in [7, 11) is 0. The molecule has 0 aliphatic rings. The molecule has 0 fully saturated rings. The zero-order valence-electron chi connectivity index (χ0n) is 9.31. The smallest absolute Gasteiger partial charge is 0.140 e. The first-order chi connectivity index (χ1) is 8.22. The van der Waals surface area contributed by atoms with Gasteiger partial charge in [0.25, 0.3) is 0 Å². The van der Waals surface area contributed by atoms with Crippen molar-refractivity contribution in [2.75, 3.05) is 0 Å². The van der Waals surface area contributed by atoms with E-state index in [1.165, 1.54) is 0 Å². The Bertz CT molecular complexity index is 671. The maximum absolute atomic E-state index is 9.39. The Morgan fingerprint density at radius 3 is 2.82 bits per heavy atom. The van der Waals surface area contributed by atoms with Crippen LogP contribution in [0.1, 0.15) is 5.69 Å². The number of aromatic hydroxyl groups is 1. The molecule has 4 nitrogen and oxygen atoms in total. The maximum Gasteiger partial charge on any atom is 0.140 e. The van der Waals surface area contributed by atoms with Crippen LogP contribution in [0.15, 0.2) is 36.5 Å². The minimum Gasteiger partial charge on any atom is -0.508 e. The molecule has 84 valence electrons. The van der Waals surface area contributed by atoms with E-state index in [0.717, 1.165) is 28.1 Å². The molecule has 0 radical (unpaired) electrons. The number of nitrogens with zero attached hydrogens (tertiary/aromatic N) is 2. The van der Waals surface area contributed by atoms with Crippen molar-refractivity contribution in [3.63, 3.8) is 0 Å². The summed E-state index contributed by atoms with van der Waals surface area (Å²) < 4.78 is 0. The maximum atomic E-state index is 9.39. The Kier molecular flexibility index (Phi) is 2.08. The second-order valence-electron chi connectivity index (χ2n) is 3.98. The number of aryl methyl sites for hydroxylation is 1. The summed E-state index contributed by atoms with van der Waals surface area (Å²) in [6.45, 7) is 1.94. The molecule has 3 rings (SSSR count). The summed E-state index contributed by atoms with van der Waals surface area (Å²) in [4.78, 5) is 11.8. The van der Waals surface area contributed by atoms with Gasteiger partial charge in [-0.15, -0.1) is 0 Å². The Morgan fingerprint density at radius 1 is 1.18 bits per heavy atom. The number of H-pyrrole nitrogens is 1. The van der Waals surface area contributed by atoms with Gasteiger partial charge in [-0.05, 0) is 31.2 Å². The second-order valence-corrected chi connectivity index (χ2v) is 3.98. The number of rotatable bonds is 1. The lowest BCUT2D eigenvalue weighted by molar-refractivity contribution is 0.476. The fraction of sp³-hybridized carbons (Fsp3) is 0.0769. The van der Waals surface area contributed by atoms with Gasteiger partial charge in [-0.2, -0.15) is 0 Å². The molecule has 1 aromatic carbocycles. The van der Waals surface area contributed by atoms with Crippen LogP contribution in [0.4, 0.5) is 0 Å². The second kappa shape index (κ2) is 3.59. The van der Waals surface area contributed by atoms with Crippen molar-refractivity contribution < 1.29 is 5.11 Å². The molecular formula is C13H11N3O. The molecule has 2 N–H and O–H groups in total. The van der Waals surface area contributed by atoms with Gasteiger partial charge in [-0.3, -0.25) is 4.98 Å². The largest absolute Gasteiger partial charge is 0.508 e. The number of phenols is 1. The number of nitrogens with one attached hydrogen (secondary N) is 1. The van der Waals surface area contributed by atoms with Crippen molar-refractivity contribution in [1.29, 1.82) is 0 Å². The molecule has 0 aliphatic carbocycles. The number of hydrogen-bond acceptors (Lipinski definition) is 3. The van der Waals surface area contributed by atoms with Gasteiger partial charge in [-0.1, -0.05) is 0 Å². The summed E-state index contributed by atoms with van der Waals surface area (Å²) in [5, 5.41) is 9.39. The third-order valence-corrected chi connectivity index (χ3v) is 2.65. The number of hydrogen-bond donors (Lipinski definition) is 2. The normalized spacial score (nSPS) is 10.9. The van der Waals surface area contributed by atoms with E-state index in [2.05, 4.69) is 15.0 Å². The van der Waals surface area contributed by atoms with Crippen LogP contribution in [-0.2, 0) is 0 Å². The molecule has 2 heterocycles. The van der Waals surface area contributed by atoms with Gasteiger partial charge < -0.3 is 10.1 Å². The van der Waals surface area contributed by atoms with Crippen LogP contribution >= 0.6 is 0 Å². The number of imidazole rings is 1. The molecule has 0 saturated heterocycles. The van der Waals surface area contributed by atoms with Crippen LogP contribution in [-0.4, -0.2) is 20.1 Å². The van der Waals surface area contributed by atoms with Crippen molar-refractivity contribution in [2.24, 2.45) is 0 Å². The molecule has 0 unspecified atom stereocenters. The van der Waals surface area contributed by atoms with Crippen molar-refractivity contribution in [2.45, 2.75) is 6.92 Å². The number of pyridine rings is 1. The summed E-state index contributed by atoms with van der Waals surface area (Å²) in [5.41, 5.74) is 3.56.